The minimum atomic E-state index is -0.208. The first kappa shape index (κ1) is 14.1. The number of carbonyl (C=O) groups excluding carboxylic acids is 1. The average molecular weight is 326 g/mol. The van der Waals surface area contributed by atoms with Gasteiger partial charge in [-0.2, -0.15) is 0 Å². The summed E-state index contributed by atoms with van der Waals surface area (Å²) in [6.07, 6.45) is 1.90. The summed E-state index contributed by atoms with van der Waals surface area (Å²) in [5.41, 5.74) is 1.02. The van der Waals surface area contributed by atoms with Gasteiger partial charge in [0.25, 0.3) is 0 Å². The zero-order valence-electron chi connectivity index (χ0n) is 12.7. The first-order chi connectivity index (χ1) is 11.1. The lowest BCUT2D eigenvalue weighted by molar-refractivity contribution is -0.135. The number of nitrogens with zero attached hydrogens (tertiary/aromatic N) is 2. The number of aryl methyl sites for hydroxylation is 1. The van der Waals surface area contributed by atoms with Gasteiger partial charge in [-0.3, -0.25) is 4.79 Å². The molecular weight excluding hydrogens is 312 g/mol. The first-order valence-corrected chi connectivity index (χ1v) is 8.15. The van der Waals surface area contributed by atoms with E-state index in [1.807, 2.05) is 32.0 Å². The Morgan fingerprint density at radius 2 is 2.17 bits per heavy atom. The molecule has 4 rings (SSSR count). The van der Waals surface area contributed by atoms with Gasteiger partial charge < -0.3 is 9.47 Å². The van der Waals surface area contributed by atoms with E-state index in [2.05, 4.69) is 9.97 Å². The van der Waals surface area contributed by atoms with Crippen LogP contribution < -0.4 is 9.47 Å². The van der Waals surface area contributed by atoms with Gasteiger partial charge >= 0.3 is 5.97 Å². The number of hydrogen-bond acceptors (Lipinski definition) is 6. The van der Waals surface area contributed by atoms with Crippen molar-refractivity contribution < 1.29 is 14.3 Å². The molecule has 0 fully saturated rings. The number of ether oxygens (including phenoxy) is 2. The fraction of sp³-hybridized carbons (Fsp3) is 0.235. The summed E-state index contributed by atoms with van der Waals surface area (Å²) < 4.78 is 11.2. The molecule has 3 aromatic rings. The Kier molecular flexibility index (Phi) is 3.27. The number of aromatic nitrogens is 2. The minimum Gasteiger partial charge on any atom is -0.438 e. The molecule has 0 amide bonds. The molecule has 1 aliphatic rings. The van der Waals surface area contributed by atoms with Crippen molar-refractivity contribution in [2.24, 2.45) is 0 Å². The predicted octanol–water partition coefficient (Wildman–Crippen LogP) is 4.20. The molecule has 1 unspecified atom stereocenters. The van der Waals surface area contributed by atoms with E-state index in [-0.39, 0.29) is 11.9 Å². The maximum absolute atomic E-state index is 11.6. The lowest BCUT2D eigenvalue weighted by atomic mass is 9.95. The minimum absolute atomic E-state index is 0.158. The van der Waals surface area contributed by atoms with Crippen molar-refractivity contribution in [1.29, 1.82) is 0 Å². The van der Waals surface area contributed by atoms with Gasteiger partial charge in [0.1, 0.15) is 22.7 Å². The molecule has 0 bridgehead atoms. The molecule has 1 aromatic carbocycles. The van der Waals surface area contributed by atoms with Gasteiger partial charge in [-0.1, -0.05) is 13.0 Å². The second-order valence-corrected chi connectivity index (χ2v) is 6.87. The lowest BCUT2D eigenvalue weighted by Crippen LogP contribution is -2.18. The van der Waals surface area contributed by atoms with Crippen LogP contribution in [0.15, 0.2) is 30.6 Å². The molecule has 2 aromatic heterocycles. The third kappa shape index (κ3) is 2.55. The van der Waals surface area contributed by atoms with Crippen molar-refractivity contribution in [1.82, 2.24) is 9.97 Å². The number of thiophene rings is 1. The Bertz CT molecular complexity index is 919. The smallest absolute Gasteiger partial charge is 0.311 e. The Morgan fingerprint density at radius 3 is 3.04 bits per heavy atom. The topological polar surface area (TPSA) is 61.3 Å². The molecular formula is C17H14N2O3S. The van der Waals surface area contributed by atoms with Crippen LogP contribution in [0.25, 0.3) is 10.2 Å². The maximum atomic E-state index is 11.6. The second-order valence-electron chi connectivity index (χ2n) is 5.64. The van der Waals surface area contributed by atoms with E-state index in [0.717, 1.165) is 20.7 Å². The van der Waals surface area contributed by atoms with Crippen LogP contribution in [-0.2, 0) is 4.79 Å². The predicted molar refractivity (Wildman–Crippen MR) is 87.3 cm³/mol. The number of benzene rings is 1. The SMILES string of the molecule is Cc1cc2c(Oc3ccc4c(c3)OC(=O)CC4C)ncnc2s1. The molecule has 6 heteroatoms. The van der Waals surface area contributed by atoms with Crippen LogP contribution in [0.3, 0.4) is 0 Å². The second kappa shape index (κ2) is 5.31. The fourth-order valence-corrected chi connectivity index (χ4v) is 3.58. The van der Waals surface area contributed by atoms with E-state index in [1.54, 1.807) is 17.4 Å². The van der Waals surface area contributed by atoms with Gasteiger partial charge in [-0.15, -0.1) is 11.3 Å². The van der Waals surface area contributed by atoms with Crippen LogP contribution >= 0.6 is 11.3 Å². The summed E-state index contributed by atoms with van der Waals surface area (Å²) in [6.45, 7) is 4.04. The number of esters is 1. The third-order valence-electron chi connectivity index (χ3n) is 3.84. The van der Waals surface area contributed by atoms with Crippen LogP contribution in [0.1, 0.15) is 29.7 Å². The molecule has 0 saturated heterocycles. The van der Waals surface area contributed by atoms with Crippen molar-refractivity contribution >= 4 is 27.5 Å². The summed E-state index contributed by atoms with van der Waals surface area (Å²) in [6, 6.07) is 7.58. The van der Waals surface area contributed by atoms with Gasteiger partial charge in [0.15, 0.2) is 0 Å². The van der Waals surface area contributed by atoms with Crippen LogP contribution in [0.4, 0.5) is 0 Å². The Balaban J connectivity index is 1.71. The van der Waals surface area contributed by atoms with E-state index in [1.165, 1.54) is 6.33 Å². The Morgan fingerprint density at radius 1 is 1.30 bits per heavy atom. The number of rotatable bonds is 2. The van der Waals surface area contributed by atoms with E-state index in [4.69, 9.17) is 9.47 Å². The van der Waals surface area contributed by atoms with Crippen molar-refractivity contribution in [2.45, 2.75) is 26.2 Å². The van der Waals surface area contributed by atoms with Gasteiger partial charge in [-0.05, 0) is 30.5 Å². The molecule has 23 heavy (non-hydrogen) atoms. The van der Waals surface area contributed by atoms with Crippen molar-refractivity contribution in [2.75, 3.05) is 0 Å². The quantitative estimate of drug-likeness (QED) is 0.521. The largest absolute Gasteiger partial charge is 0.438 e. The molecule has 0 saturated carbocycles. The van der Waals surface area contributed by atoms with Gasteiger partial charge in [0.2, 0.25) is 5.88 Å². The van der Waals surface area contributed by atoms with Crippen LogP contribution in [-0.4, -0.2) is 15.9 Å². The zero-order chi connectivity index (χ0) is 16.0. The van der Waals surface area contributed by atoms with Gasteiger partial charge in [0.05, 0.1) is 11.8 Å². The molecule has 0 spiro atoms. The van der Waals surface area contributed by atoms with Gasteiger partial charge in [-0.25, -0.2) is 9.97 Å². The Hall–Kier alpha value is -2.47. The van der Waals surface area contributed by atoms with E-state index in [9.17, 15) is 4.79 Å². The molecule has 3 heterocycles. The van der Waals surface area contributed by atoms with Crippen molar-refractivity contribution in [3.63, 3.8) is 0 Å². The summed E-state index contributed by atoms with van der Waals surface area (Å²) in [5, 5.41) is 0.887. The molecule has 116 valence electrons. The lowest BCUT2D eigenvalue weighted by Gasteiger charge is -2.21. The van der Waals surface area contributed by atoms with Crippen LogP contribution in [0.2, 0.25) is 0 Å². The van der Waals surface area contributed by atoms with E-state index >= 15 is 0 Å². The summed E-state index contributed by atoms with van der Waals surface area (Å²) >= 11 is 1.60. The highest BCUT2D eigenvalue weighted by atomic mass is 32.1. The molecule has 0 aliphatic carbocycles. The normalized spacial score (nSPS) is 17.0. The van der Waals surface area contributed by atoms with E-state index in [0.29, 0.717) is 23.8 Å². The summed E-state index contributed by atoms with van der Waals surface area (Å²) in [4.78, 5) is 22.1. The average Bonchev–Trinajstić information content (AvgIpc) is 2.88. The number of carbonyl (C=O) groups is 1. The third-order valence-corrected chi connectivity index (χ3v) is 4.80. The molecule has 0 radical (unpaired) electrons. The highest BCUT2D eigenvalue weighted by Crippen LogP contribution is 2.38. The zero-order valence-corrected chi connectivity index (χ0v) is 13.5. The summed E-state index contributed by atoms with van der Waals surface area (Å²) in [5.74, 6) is 1.62. The van der Waals surface area contributed by atoms with Gasteiger partial charge in [0, 0.05) is 10.9 Å². The highest BCUT2D eigenvalue weighted by molar-refractivity contribution is 7.18. The molecule has 1 aliphatic heterocycles. The number of fused-ring (bicyclic) bond motifs is 2. The van der Waals surface area contributed by atoms with Crippen molar-refractivity contribution in [3.05, 3.63) is 41.0 Å². The maximum Gasteiger partial charge on any atom is 0.311 e. The first-order valence-electron chi connectivity index (χ1n) is 7.34. The molecule has 1 atom stereocenters. The number of hydrogen-bond donors (Lipinski definition) is 0. The highest BCUT2D eigenvalue weighted by Gasteiger charge is 2.24. The molecule has 0 N–H and O–H groups in total. The van der Waals surface area contributed by atoms with Crippen LogP contribution in [0.5, 0.6) is 17.4 Å². The van der Waals surface area contributed by atoms with Crippen LogP contribution in [0, 0.1) is 6.92 Å². The summed E-state index contributed by atoms with van der Waals surface area (Å²) in [7, 11) is 0. The monoisotopic (exact) mass is 326 g/mol. The standard InChI is InChI=1S/C17H14N2O3S/c1-9-5-15(20)22-14-7-11(3-4-12(9)14)21-16-13-6-10(2)23-17(13)19-8-18-16/h3-4,6-9H,5H2,1-2H3. The molecule has 5 nitrogen and oxygen atoms in total. The Labute approximate surface area is 136 Å². The van der Waals surface area contributed by atoms with Crippen molar-refractivity contribution in [3.8, 4) is 17.4 Å². The fourth-order valence-electron chi connectivity index (χ4n) is 2.75. The van der Waals surface area contributed by atoms with E-state index < -0.39 is 0 Å².